The van der Waals surface area contributed by atoms with Gasteiger partial charge in [-0.25, -0.2) is 4.98 Å². The minimum Gasteiger partial charge on any atom is -0.395 e. The summed E-state index contributed by atoms with van der Waals surface area (Å²) in [4.78, 5) is 18.4. The number of aliphatic hydroxyl groups excluding tert-OH is 1. The zero-order chi connectivity index (χ0) is 15.3. The second-order valence-electron chi connectivity index (χ2n) is 5.83. The molecule has 0 saturated heterocycles. The maximum atomic E-state index is 12.5. The third kappa shape index (κ3) is 4.46. The van der Waals surface area contributed by atoms with Crippen LogP contribution in [-0.2, 0) is 5.41 Å². The van der Waals surface area contributed by atoms with Gasteiger partial charge in [0.1, 0.15) is 5.15 Å². The SMILES string of the molecule is CCCN(CCO)C(=O)c1cc(Cl)nc(C(C)(C)C)c1. The van der Waals surface area contributed by atoms with Crippen LogP contribution in [0, 0.1) is 0 Å². The van der Waals surface area contributed by atoms with Gasteiger partial charge in [0.25, 0.3) is 5.91 Å². The van der Waals surface area contributed by atoms with Gasteiger partial charge in [0.2, 0.25) is 0 Å². The molecular formula is C15H23ClN2O2. The standard InChI is InChI=1S/C15H23ClN2O2/c1-5-6-18(7-8-19)14(20)11-9-12(15(2,3)4)17-13(16)10-11/h9-10,19H,5-8H2,1-4H3. The molecule has 0 radical (unpaired) electrons. The molecule has 0 aromatic carbocycles. The van der Waals surface area contributed by atoms with Crippen molar-refractivity contribution in [3.8, 4) is 0 Å². The van der Waals surface area contributed by atoms with Crippen molar-refractivity contribution in [3.05, 3.63) is 28.5 Å². The van der Waals surface area contributed by atoms with Gasteiger partial charge in [-0.05, 0) is 18.6 Å². The molecule has 1 aromatic heterocycles. The fourth-order valence-corrected chi connectivity index (χ4v) is 2.10. The molecule has 0 saturated carbocycles. The molecule has 1 rings (SSSR count). The van der Waals surface area contributed by atoms with Crippen molar-refractivity contribution in [2.24, 2.45) is 0 Å². The van der Waals surface area contributed by atoms with Crippen LogP contribution in [0.1, 0.15) is 50.2 Å². The predicted molar refractivity (Wildman–Crippen MR) is 81.2 cm³/mol. The van der Waals surface area contributed by atoms with E-state index in [1.54, 1.807) is 17.0 Å². The van der Waals surface area contributed by atoms with Crippen LogP contribution in [0.15, 0.2) is 12.1 Å². The molecule has 5 heteroatoms. The minimum absolute atomic E-state index is 0.0450. The molecule has 1 amide bonds. The quantitative estimate of drug-likeness (QED) is 0.851. The minimum atomic E-state index is -0.174. The molecule has 1 N–H and O–H groups in total. The number of carbonyl (C=O) groups excluding carboxylic acids is 1. The van der Waals surface area contributed by atoms with E-state index >= 15 is 0 Å². The summed E-state index contributed by atoms with van der Waals surface area (Å²) < 4.78 is 0. The van der Waals surface area contributed by atoms with Crippen molar-refractivity contribution >= 4 is 17.5 Å². The van der Waals surface area contributed by atoms with E-state index in [0.717, 1.165) is 12.1 Å². The van der Waals surface area contributed by atoms with Crippen molar-refractivity contribution in [2.75, 3.05) is 19.7 Å². The van der Waals surface area contributed by atoms with Crippen LogP contribution in [-0.4, -0.2) is 40.6 Å². The molecule has 0 bridgehead atoms. The van der Waals surface area contributed by atoms with E-state index in [4.69, 9.17) is 16.7 Å². The van der Waals surface area contributed by atoms with Gasteiger partial charge in [-0.3, -0.25) is 4.79 Å². The summed E-state index contributed by atoms with van der Waals surface area (Å²) in [6, 6.07) is 3.37. The van der Waals surface area contributed by atoms with Gasteiger partial charge >= 0.3 is 0 Å². The van der Waals surface area contributed by atoms with Crippen molar-refractivity contribution < 1.29 is 9.90 Å². The van der Waals surface area contributed by atoms with Crippen LogP contribution in [0.25, 0.3) is 0 Å². The number of amides is 1. The molecule has 1 heterocycles. The molecular weight excluding hydrogens is 276 g/mol. The maximum Gasteiger partial charge on any atom is 0.254 e. The van der Waals surface area contributed by atoms with Gasteiger partial charge in [-0.1, -0.05) is 39.3 Å². The Bertz CT molecular complexity index is 463. The molecule has 20 heavy (non-hydrogen) atoms. The molecule has 0 atom stereocenters. The second kappa shape index (κ2) is 7.04. The number of pyridine rings is 1. The summed E-state index contributed by atoms with van der Waals surface area (Å²) in [5, 5.41) is 9.39. The maximum absolute atomic E-state index is 12.5. The summed E-state index contributed by atoms with van der Waals surface area (Å²) in [6.07, 6.45) is 0.844. The van der Waals surface area contributed by atoms with E-state index in [1.807, 2.05) is 27.7 Å². The lowest BCUT2D eigenvalue weighted by molar-refractivity contribution is 0.0721. The molecule has 4 nitrogen and oxygen atoms in total. The number of rotatable bonds is 5. The fourth-order valence-electron chi connectivity index (χ4n) is 1.89. The Labute approximate surface area is 125 Å². The van der Waals surface area contributed by atoms with Gasteiger partial charge in [0, 0.05) is 29.8 Å². The number of hydrogen-bond donors (Lipinski definition) is 1. The van der Waals surface area contributed by atoms with Gasteiger partial charge in [-0.2, -0.15) is 0 Å². The number of nitrogens with zero attached hydrogens (tertiary/aromatic N) is 2. The highest BCUT2D eigenvalue weighted by Crippen LogP contribution is 2.24. The van der Waals surface area contributed by atoms with Crippen LogP contribution >= 0.6 is 11.6 Å². The third-order valence-corrected chi connectivity index (χ3v) is 3.15. The summed E-state index contributed by atoms with van der Waals surface area (Å²) in [5.41, 5.74) is 1.14. The Kier molecular flexibility index (Phi) is 5.96. The number of aliphatic hydroxyl groups is 1. The molecule has 0 aliphatic heterocycles. The molecule has 1 aromatic rings. The monoisotopic (exact) mass is 298 g/mol. The smallest absolute Gasteiger partial charge is 0.254 e. The normalized spacial score (nSPS) is 11.5. The number of carbonyl (C=O) groups is 1. The lowest BCUT2D eigenvalue weighted by Gasteiger charge is -2.23. The molecule has 0 spiro atoms. The first kappa shape index (κ1) is 16.9. The average Bonchev–Trinajstić information content (AvgIpc) is 2.36. The Balaban J connectivity index is 3.11. The fraction of sp³-hybridized carbons (Fsp3) is 0.600. The highest BCUT2D eigenvalue weighted by atomic mass is 35.5. The van der Waals surface area contributed by atoms with E-state index in [9.17, 15) is 4.79 Å². The van der Waals surface area contributed by atoms with E-state index in [2.05, 4.69) is 4.98 Å². The highest BCUT2D eigenvalue weighted by Gasteiger charge is 2.21. The van der Waals surface area contributed by atoms with Crippen LogP contribution in [0.5, 0.6) is 0 Å². The number of halogens is 1. The Morgan fingerprint density at radius 3 is 2.50 bits per heavy atom. The summed E-state index contributed by atoms with van der Waals surface area (Å²) in [5.74, 6) is -0.115. The second-order valence-corrected chi connectivity index (χ2v) is 6.22. The highest BCUT2D eigenvalue weighted by molar-refractivity contribution is 6.29. The van der Waals surface area contributed by atoms with E-state index in [-0.39, 0.29) is 17.9 Å². The Morgan fingerprint density at radius 1 is 1.35 bits per heavy atom. The number of aromatic nitrogens is 1. The van der Waals surface area contributed by atoms with Gasteiger partial charge in [-0.15, -0.1) is 0 Å². The predicted octanol–water partition coefficient (Wildman–Crippen LogP) is 2.88. The van der Waals surface area contributed by atoms with Gasteiger partial charge in [0.15, 0.2) is 0 Å². The largest absolute Gasteiger partial charge is 0.395 e. The third-order valence-electron chi connectivity index (χ3n) is 2.96. The first-order chi connectivity index (χ1) is 9.29. The molecule has 0 unspecified atom stereocenters. The van der Waals surface area contributed by atoms with Crippen LogP contribution in [0.4, 0.5) is 0 Å². The van der Waals surface area contributed by atoms with Gasteiger partial charge < -0.3 is 10.0 Å². The summed E-state index contributed by atoms with van der Waals surface area (Å²) in [6.45, 7) is 8.97. The zero-order valence-electron chi connectivity index (χ0n) is 12.6. The van der Waals surface area contributed by atoms with E-state index < -0.39 is 0 Å². The van der Waals surface area contributed by atoms with E-state index in [1.165, 1.54) is 0 Å². The summed E-state index contributed by atoms with van der Waals surface area (Å²) in [7, 11) is 0. The van der Waals surface area contributed by atoms with Crippen LogP contribution in [0.3, 0.4) is 0 Å². The van der Waals surface area contributed by atoms with Crippen LogP contribution in [0.2, 0.25) is 5.15 Å². The van der Waals surface area contributed by atoms with Crippen molar-refractivity contribution in [1.82, 2.24) is 9.88 Å². The lowest BCUT2D eigenvalue weighted by atomic mass is 9.91. The Hall–Kier alpha value is -1.13. The molecule has 0 aliphatic carbocycles. The summed E-state index contributed by atoms with van der Waals surface area (Å²) >= 11 is 6.03. The first-order valence-electron chi connectivity index (χ1n) is 6.87. The van der Waals surface area contributed by atoms with Crippen molar-refractivity contribution in [1.29, 1.82) is 0 Å². The van der Waals surface area contributed by atoms with Gasteiger partial charge in [0.05, 0.1) is 6.61 Å². The zero-order valence-corrected chi connectivity index (χ0v) is 13.4. The number of hydrogen-bond acceptors (Lipinski definition) is 3. The van der Waals surface area contributed by atoms with Crippen LogP contribution < -0.4 is 0 Å². The molecule has 112 valence electrons. The van der Waals surface area contributed by atoms with Crippen molar-refractivity contribution in [3.63, 3.8) is 0 Å². The molecule has 0 aliphatic rings. The van der Waals surface area contributed by atoms with Crippen molar-refractivity contribution in [2.45, 2.75) is 39.5 Å². The Morgan fingerprint density at radius 2 is 2.00 bits per heavy atom. The topological polar surface area (TPSA) is 53.4 Å². The first-order valence-corrected chi connectivity index (χ1v) is 7.25. The molecule has 0 fully saturated rings. The average molecular weight is 299 g/mol. The lowest BCUT2D eigenvalue weighted by Crippen LogP contribution is -2.34. The van der Waals surface area contributed by atoms with E-state index in [0.29, 0.717) is 23.8 Å².